The number of carbonyl (C=O) groups is 2. The zero-order valence-corrected chi connectivity index (χ0v) is 12.5. The van der Waals surface area contributed by atoms with Crippen molar-refractivity contribution in [3.63, 3.8) is 0 Å². The van der Waals surface area contributed by atoms with Crippen LogP contribution in [0.1, 0.15) is 32.1 Å². The van der Waals surface area contributed by atoms with Crippen LogP contribution in [0, 0.1) is 5.41 Å². The van der Waals surface area contributed by atoms with E-state index in [4.69, 9.17) is 4.74 Å². The van der Waals surface area contributed by atoms with Gasteiger partial charge in [0.2, 0.25) is 11.8 Å². The number of thiol groups is 1. The van der Waals surface area contributed by atoms with E-state index in [0.29, 0.717) is 32.2 Å². The van der Waals surface area contributed by atoms with Gasteiger partial charge in [-0.2, -0.15) is 12.6 Å². The summed E-state index contributed by atoms with van der Waals surface area (Å²) in [6.07, 6.45) is 4.77. The van der Waals surface area contributed by atoms with Crippen molar-refractivity contribution < 1.29 is 14.3 Å². The molecule has 20 heavy (non-hydrogen) atoms. The number of nitrogens with zero attached hydrogens (tertiary/aromatic N) is 1. The number of morpholine rings is 1. The molecule has 1 heterocycles. The number of nitrogens with one attached hydrogen (secondary N) is 1. The molecular weight excluding hydrogens is 276 g/mol. The maximum Gasteiger partial charge on any atom is 0.245 e. The quantitative estimate of drug-likeness (QED) is 0.731. The Bertz CT molecular complexity index is 407. The van der Waals surface area contributed by atoms with Crippen molar-refractivity contribution in [3.8, 4) is 0 Å². The number of carbonyl (C=O) groups excluding carboxylic acids is 2. The first-order valence-corrected chi connectivity index (χ1v) is 8.05. The first-order valence-electron chi connectivity index (χ1n) is 7.42. The Labute approximate surface area is 124 Å². The molecular formula is C14H22N2O3S. The summed E-state index contributed by atoms with van der Waals surface area (Å²) >= 11 is 4.34. The van der Waals surface area contributed by atoms with Crippen LogP contribution in [-0.2, 0) is 14.3 Å². The topological polar surface area (TPSA) is 58.6 Å². The summed E-state index contributed by atoms with van der Waals surface area (Å²) in [4.78, 5) is 26.4. The highest BCUT2D eigenvalue weighted by molar-refractivity contribution is 7.80. The largest absolute Gasteiger partial charge is 0.377 e. The summed E-state index contributed by atoms with van der Waals surface area (Å²) < 4.78 is 5.39. The Morgan fingerprint density at radius 1 is 1.35 bits per heavy atom. The lowest BCUT2D eigenvalue weighted by molar-refractivity contribution is -0.149. The van der Waals surface area contributed by atoms with E-state index < -0.39 is 6.04 Å². The maximum absolute atomic E-state index is 12.5. The highest BCUT2D eigenvalue weighted by Crippen LogP contribution is 2.50. The Balaban J connectivity index is 1.61. The molecule has 3 fully saturated rings. The second-order valence-electron chi connectivity index (χ2n) is 6.30. The van der Waals surface area contributed by atoms with Crippen molar-refractivity contribution in [2.24, 2.45) is 5.41 Å². The highest BCUT2D eigenvalue weighted by atomic mass is 32.1. The fourth-order valence-corrected chi connectivity index (χ4v) is 3.06. The smallest absolute Gasteiger partial charge is 0.245 e. The monoisotopic (exact) mass is 298 g/mol. The fourth-order valence-electron chi connectivity index (χ4n) is 2.63. The molecule has 3 aliphatic rings. The number of rotatable bonds is 5. The van der Waals surface area contributed by atoms with Gasteiger partial charge in [0.05, 0.1) is 13.2 Å². The Hall–Kier alpha value is -0.750. The van der Waals surface area contributed by atoms with E-state index in [0.717, 1.165) is 31.4 Å². The van der Waals surface area contributed by atoms with Crippen molar-refractivity contribution >= 4 is 24.4 Å². The van der Waals surface area contributed by atoms with Crippen molar-refractivity contribution in [1.29, 1.82) is 0 Å². The minimum atomic E-state index is -0.451. The second-order valence-corrected chi connectivity index (χ2v) is 6.61. The molecule has 0 aromatic carbocycles. The van der Waals surface area contributed by atoms with Gasteiger partial charge in [0, 0.05) is 19.0 Å². The predicted octanol–water partition coefficient (Wildman–Crippen LogP) is 0.592. The van der Waals surface area contributed by atoms with Gasteiger partial charge < -0.3 is 15.0 Å². The number of hydrogen-bond acceptors (Lipinski definition) is 4. The molecule has 2 saturated carbocycles. The van der Waals surface area contributed by atoms with Gasteiger partial charge in [-0.25, -0.2) is 0 Å². The summed E-state index contributed by atoms with van der Waals surface area (Å²) in [5.74, 6) is 0.772. The molecule has 0 aromatic heterocycles. The molecule has 1 N–H and O–H groups in total. The average Bonchev–Trinajstić information content (AvgIpc) is 3.36. The van der Waals surface area contributed by atoms with E-state index >= 15 is 0 Å². The van der Waals surface area contributed by atoms with Gasteiger partial charge in [0.1, 0.15) is 6.04 Å². The van der Waals surface area contributed by atoms with E-state index in [-0.39, 0.29) is 17.2 Å². The van der Waals surface area contributed by atoms with Crippen LogP contribution in [0.4, 0.5) is 0 Å². The molecule has 0 aromatic rings. The Kier molecular flexibility index (Phi) is 3.95. The fraction of sp³-hybridized carbons (Fsp3) is 0.857. The zero-order chi connectivity index (χ0) is 14.2. The molecule has 0 radical (unpaired) electrons. The van der Waals surface area contributed by atoms with Crippen LogP contribution >= 0.6 is 12.6 Å². The third-order valence-electron chi connectivity index (χ3n) is 4.49. The van der Waals surface area contributed by atoms with Gasteiger partial charge in [0.25, 0.3) is 0 Å². The van der Waals surface area contributed by atoms with Crippen LogP contribution in [0.3, 0.4) is 0 Å². The maximum atomic E-state index is 12.5. The Morgan fingerprint density at radius 3 is 2.70 bits per heavy atom. The molecule has 112 valence electrons. The lowest BCUT2D eigenvalue weighted by Gasteiger charge is -2.35. The van der Waals surface area contributed by atoms with Gasteiger partial charge in [-0.15, -0.1) is 0 Å². The molecule has 1 aliphatic heterocycles. The summed E-state index contributed by atoms with van der Waals surface area (Å²) in [5, 5.41) is 2.97. The summed E-state index contributed by atoms with van der Waals surface area (Å²) in [6, 6.07) is -0.138. The first-order chi connectivity index (χ1) is 9.63. The minimum absolute atomic E-state index is 0.0590. The minimum Gasteiger partial charge on any atom is -0.377 e. The lowest BCUT2D eigenvalue weighted by atomic mass is 10.0. The van der Waals surface area contributed by atoms with E-state index in [1.807, 2.05) is 0 Å². The van der Waals surface area contributed by atoms with Gasteiger partial charge in [-0.3, -0.25) is 9.59 Å². The van der Waals surface area contributed by atoms with Crippen LogP contribution in [-0.4, -0.2) is 54.3 Å². The van der Waals surface area contributed by atoms with Gasteiger partial charge in [-0.05, 0) is 36.9 Å². The van der Waals surface area contributed by atoms with Gasteiger partial charge in [-0.1, -0.05) is 0 Å². The normalized spacial score (nSPS) is 28.1. The molecule has 1 atom stereocenters. The Morgan fingerprint density at radius 2 is 2.10 bits per heavy atom. The third-order valence-corrected chi connectivity index (χ3v) is 5.16. The van der Waals surface area contributed by atoms with Crippen molar-refractivity contribution in [3.05, 3.63) is 0 Å². The molecule has 0 spiro atoms. The highest BCUT2D eigenvalue weighted by Gasteiger charge is 2.45. The summed E-state index contributed by atoms with van der Waals surface area (Å²) in [7, 11) is 0. The summed E-state index contributed by atoms with van der Waals surface area (Å²) in [6.45, 7) is 1.36. The number of hydrogen-bond donors (Lipinski definition) is 2. The van der Waals surface area contributed by atoms with Crippen LogP contribution < -0.4 is 5.32 Å². The molecule has 6 heteroatoms. The van der Waals surface area contributed by atoms with Crippen LogP contribution in [0.2, 0.25) is 0 Å². The van der Waals surface area contributed by atoms with E-state index in [9.17, 15) is 9.59 Å². The predicted molar refractivity (Wildman–Crippen MR) is 77.6 cm³/mol. The molecule has 0 bridgehead atoms. The van der Waals surface area contributed by atoms with Gasteiger partial charge >= 0.3 is 0 Å². The number of amides is 2. The van der Waals surface area contributed by atoms with E-state index in [2.05, 4.69) is 17.9 Å². The average molecular weight is 298 g/mol. The molecule has 3 rings (SSSR count). The van der Waals surface area contributed by atoms with E-state index in [1.54, 1.807) is 4.90 Å². The number of ether oxygens (including phenoxy) is 1. The van der Waals surface area contributed by atoms with Crippen molar-refractivity contribution in [2.45, 2.75) is 44.2 Å². The summed E-state index contributed by atoms with van der Waals surface area (Å²) in [5.41, 5.74) is 0.0933. The van der Waals surface area contributed by atoms with Crippen LogP contribution in [0.5, 0.6) is 0 Å². The third kappa shape index (κ3) is 3.11. The standard InChI is InChI=1S/C14H22N2O3S/c17-12(7-14(9-20)3-4-14)16-5-6-19-8-11(16)13(18)15-10-1-2-10/h10-11,20H,1-9H2,(H,15,18). The lowest BCUT2D eigenvalue weighted by Crippen LogP contribution is -2.56. The van der Waals surface area contributed by atoms with Crippen LogP contribution in [0.25, 0.3) is 0 Å². The van der Waals surface area contributed by atoms with Crippen molar-refractivity contribution in [2.75, 3.05) is 25.5 Å². The van der Waals surface area contributed by atoms with E-state index in [1.165, 1.54) is 0 Å². The van der Waals surface area contributed by atoms with Gasteiger partial charge in [0.15, 0.2) is 0 Å². The molecule has 5 nitrogen and oxygen atoms in total. The zero-order valence-electron chi connectivity index (χ0n) is 11.6. The molecule has 2 aliphatic carbocycles. The molecule has 1 unspecified atom stereocenters. The van der Waals surface area contributed by atoms with Crippen LogP contribution in [0.15, 0.2) is 0 Å². The van der Waals surface area contributed by atoms with Crippen molar-refractivity contribution in [1.82, 2.24) is 10.2 Å². The second kappa shape index (κ2) is 5.56. The molecule has 1 saturated heterocycles. The molecule has 2 amide bonds. The first kappa shape index (κ1) is 14.2. The SMILES string of the molecule is O=C(NC1CC1)C1COCCN1C(=O)CC1(CS)CC1.